The van der Waals surface area contributed by atoms with E-state index in [2.05, 4.69) is 0 Å². The van der Waals surface area contributed by atoms with Crippen molar-refractivity contribution in [2.24, 2.45) is 0 Å². The Kier molecular flexibility index (Phi) is 2.71. The van der Waals surface area contributed by atoms with Gasteiger partial charge in [-0.1, -0.05) is 17.7 Å². The number of aromatic hydroxyl groups is 1. The van der Waals surface area contributed by atoms with Crippen LogP contribution in [0.1, 0.15) is 0 Å². The Hall–Kier alpha value is -1.74. The normalized spacial score (nSPS) is 10.4. The van der Waals surface area contributed by atoms with Gasteiger partial charge in [-0.05, 0) is 29.8 Å². The second kappa shape index (κ2) is 4.02. The third kappa shape index (κ3) is 1.95. The first-order valence-corrected chi connectivity index (χ1v) is 4.99. The van der Waals surface area contributed by atoms with E-state index in [9.17, 15) is 4.39 Å². The predicted octanol–water partition coefficient (Wildman–Crippen LogP) is 3.43. The van der Waals surface area contributed by atoms with E-state index >= 15 is 0 Å². The zero-order chi connectivity index (χ0) is 11.7. The molecular formula is C12H9ClFNO. The van der Waals surface area contributed by atoms with Crippen LogP contribution < -0.4 is 5.73 Å². The van der Waals surface area contributed by atoms with Gasteiger partial charge in [-0.25, -0.2) is 4.39 Å². The minimum absolute atomic E-state index is 0.108. The lowest BCUT2D eigenvalue weighted by Gasteiger charge is -2.06. The summed E-state index contributed by atoms with van der Waals surface area (Å²) in [4.78, 5) is 0. The van der Waals surface area contributed by atoms with Crippen LogP contribution in [0.5, 0.6) is 5.75 Å². The first-order valence-electron chi connectivity index (χ1n) is 4.62. The fourth-order valence-corrected chi connectivity index (χ4v) is 1.57. The Labute approximate surface area is 97.1 Å². The van der Waals surface area contributed by atoms with Crippen molar-refractivity contribution in [2.45, 2.75) is 0 Å². The summed E-state index contributed by atoms with van der Waals surface area (Å²) in [5.41, 5.74) is 7.03. The van der Waals surface area contributed by atoms with Gasteiger partial charge in [-0.2, -0.15) is 0 Å². The lowest BCUT2D eigenvalue weighted by Crippen LogP contribution is -1.89. The molecule has 82 valence electrons. The number of benzene rings is 2. The second-order valence-electron chi connectivity index (χ2n) is 3.40. The van der Waals surface area contributed by atoms with E-state index in [1.54, 1.807) is 18.2 Å². The van der Waals surface area contributed by atoms with Crippen LogP contribution in [0.3, 0.4) is 0 Å². The van der Waals surface area contributed by atoms with Crippen molar-refractivity contribution in [3.63, 3.8) is 0 Å². The van der Waals surface area contributed by atoms with Crippen molar-refractivity contribution < 1.29 is 9.50 Å². The lowest BCUT2D eigenvalue weighted by atomic mass is 10.0. The third-order valence-corrected chi connectivity index (χ3v) is 2.60. The third-order valence-electron chi connectivity index (χ3n) is 2.26. The van der Waals surface area contributed by atoms with Gasteiger partial charge in [0.05, 0.1) is 10.7 Å². The van der Waals surface area contributed by atoms with Crippen LogP contribution in [-0.2, 0) is 0 Å². The summed E-state index contributed by atoms with van der Waals surface area (Å²) >= 11 is 5.77. The summed E-state index contributed by atoms with van der Waals surface area (Å²) in [5, 5.41) is 9.53. The van der Waals surface area contributed by atoms with E-state index < -0.39 is 5.82 Å². The zero-order valence-electron chi connectivity index (χ0n) is 8.24. The number of anilines is 1. The molecular weight excluding hydrogens is 229 g/mol. The van der Waals surface area contributed by atoms with Gasteiger partial charge in [0.2, 0.25) is 0 Å². The van der Waals surface area contributed by atoms with Crippen molar-refractivity contribution in [3.05, 3.63) is 47.2 Å². The molecule has 0 saturated heterocycles. The monoisotopic (exact) mass is 237 g/mol. The second-order valence-corrected chi connectivity index (χ2v) is 3.81. The first-order chi connectivity index (χ1) is 7.58. The van der Waals surface area contributed by atoms with Crippen molar-refractivity contribution in [1.82, 2.24) is 0 Å². The zero-order valence-corrected chi connectivity index (χ0v) is 9.00. The molecule has 2 rings (SSSR count). The van der Waals surface area contributed by atoms with E-state index in [0.29, 0.717) is 21.8 Å². The van der Waals surface area contributed by atoms with Gasteiger partial charge >= 0.3 is 0 Å². The van der Waals surface area contributed by atoms with Crippen LogP contribution in [0.15, 0.2) is 36.4 Å². The summed E-state index contributed by atoms with van der Waals surface area (Å²) < 4.78 is 13.5. The maximum absolute atomic E-state index is 13.5. The number of nitrogens with two attached hydrogens (primary N) is 1. The number of nitrogen functional groups attached to an aromatic ring is 1. The molecule has 0 saturated carbocycles. The molecule has 3 N–H and O–H groups in total. The molecule has 0 spiro atoms. The summed E-state index contributed by atoms with van der Waals surface area (Å²) in [6.45, 7) is 0. The summed E-state index contributed by atoms with van der Waals surface area (Å²) in [7, 11) is 0. The highest BCUT2D eigenvalue weighted by atomic mass is 35.5. The fourth-order valence-electron chi connectivity index (χ4n) is 1.45. The molecule has 2 aromatic rings. The van der Waals surface area contributed by atoms with Crippen molar-refractivity contribution >= 4 is 17.3 Å². The highest BCUT2D eigenvalue weighted by molar-refractivity contribution is 6.33. The number of phenolic OH excluding ortho intramolecular Hbond substituents is 1. The predicted molar refractivity (Wildman–Crippen MR) is 62.9 cm³/mol. The standard InChI is InChI=1S/C12H9ClFNO/c13-10-4-1-7(5-12(10)15)9-3-2-8(16)6-11(9)14/h1-6,16H,15H2. The van der Waals surface area contributed by atoms with Gasteiger partial charge in [0.25, 0.3) is 0 Å². The SMILES string of the molecule is Nc1cc(-c2ccc(O)cc2F)ccc1Cl. The average Bonchev–Trinajstić information content (AvgIpc) is 2.22. The molecule has 0 aliphatic rings. The number of rotatable bonds is 1. The van der Waals surface area contributed by atoms with E-state index in [1.165, 1.54) is 12.1 Å². The van der Waals surface area contributed by atoms with E-state index in [1.807, 2.05) is 0 Å². The van der Waals surface area contributed by atoms with E-state index in [-0.39, 0.29) is 5.75 Å². The number of hydrogen-bond donors (Lipinski definition) is 2. The van der Waals surface area contributed by atoms with Crippen molar-refractivity contribution in [3.8, 4) is 16.9 Å². The highest BCUT2D eigenvalue weighted by Crippen LogP contribution is 2.29. The van der Waals surface area contributed by atoms with Gasteiger partial charge in [-0.3, -0.25) is 0 Å². The highest BCUT2D eigenvalue weighted by Gasteiger charge is 2.07. The molecule has 2 aromatic carbocycles. The molecule has 0 bridgehead atoms. The quantitative estimate of drug-likeness (QED) is 0.747. The Morgan fingerprint density at radius 1 is 1.12 bits per heavy atom. The Morgan fingerprint density at radius 2 is 1.88 bits per heavy atom. The lowest BCUT2D eigenvalue weighted by molar-refractivity contribution is 0.469. The molecule has 0 aromatic heterocycles. The van der Waals surface area contributed by atoms with Crippen LogP contribution >= 0.6 is 11.6 Å². The minimum atomic E-state index is -0.498. The fraction of sp³-hybridized carbons (Fsp3) is 0. The van der Waals surface area contributed by atoms with Gasteiger partial charge in [0, 0.05) is 11.6 Å². The molecule has 0 heterocycles. The van der Waals surface area contributed by atoms with Crippen LogP contribution in [0.2, 0.25) is 5.02 Å². The molecule has 0 atom stereocenters. The number of phenols is 1. The molecule has 0 radical (unpaired) electrons. The maximum atomic E-state index is 13.5. The Bertz CT molecular complexity index is 543. The molecule has 0 aliphatic carbocycles. The largest absolute Gasteiger partial charge is 0.508 e. The van der Waals surface area contributed by atoms with Crippen molar-refractivity contribution in [1.29, 1.82) is 0 Å². The van der Waals surface area contributed by atoms with Gasteiger partial charge in [-0.15, -0.1) is 0 Å². The van der Waals surface area contributed by atoms with Crippen LogP contribution in [-0.4, -0.2) is 5.11 Å². The number of hydrogen-bond acceptors (Lipinski definition) is 2. The molecule has 0 amide bonds. The van der Waals surface area contributed by atoms with Gasteiger partial charge in [0.15, 0.2) is 0 Å². The first kappa shape index (κ1) is 10.8. The number of halogens is 2. The van der Waals surface area contributed by atoms with Gasteiger partial charge in [0.1, 0.15) is 11.6 Å². The van der Waals surface area contributed by atoms with Crippen LogP contribution in [0.25, 0.3) is 11.1 Å². The maximum Gasteiger partial charge on any atom is 0.134 e. The molecule has 4 heteroatoms. The molecule has 0 unspecified atom stereocenters. The van der Waals surface area contributed by atoms with E-state index in [0.717, 1.165) is 6.07 Å². The molecule has 0 fully saturated rings. The smallest absolute Gasteiger partial charge is 0.134 e. The average molecular weight is 238 g/mol. The molecule has 0 aliphatic heterocycles. The summed E-state index contributed by atoms with van der Waals surface area (Å²) in [5.74, 6) is -0.607. The topological polar surface area (TPSA) is 46.2 Å². The summed E-state index contributed by atoms with van der Waals surface area (Å²) in [6.07, 6.45) is 0. The summed E-state index contributed by atoms with van der Waals surface area (Å²) in [6, 6.07) is 8.85. The Balaban J connectivity index is 2.54. The molecule has 2 nitrogen and oxygen atoms in total. The van der Waals surface area contributed by atoms with Crippen LogP contribution in [0, 0.1) is 5.82 Å². The Morgan fingerprint density at radius 3 is 2.50 bits per heavy atom. The van der Waals surface area contributed by atoms with Crippen LogP contribution in [0.4, 0.5) is 10.1 Å². The van der Waals surface area contributed by atoms with E-state index in [4.69, 9.17) is 22.4 Å². The van der Waals surface area contributed by atoms with Gasteiger partial charge < -0.3 is 10.8 Å². The minimum Gasteiger partial charge on any atom is -0.508 e. The van der Waals surface area contributed by atoms with Crippen molar-refractivity contribution in [2.75, 3.05) is 5.73 Å². The molecule has 16 heavy (non-hydrogen) atoms.